The Morgan fingerprint density at radius 2 is 2.33 bits per heavy atom. The molecule has 1 atom stereocenters. The molecule has 1 saturated heterocycles. The number of hydrogen-bond donors (Lipinski definition) is 1. The Morgan fingerprint density at radius 1 is 1.67 bits per heavy atom. The molecule has 1 heterocycles. The van der Waals surface area contributed by atoms with Gasteiger partial charge in [-0.05, 0) is 12.8 Å². The van der Waals surface area contributed by atoms with E-state index in [4.69, 9.17) is 0 Å². The third-order valence-electron chi connectivity index (χ3n) is 1.87. The number of piperidine rings is 1. The third kappa shape index (κ3) is 2.11. The molecule has 0 spiro atoms. The van der Waals surface area contributed by atoms with Crippen molar-refractivity contribution >= 4 is 6.03 Å². The highest BCUT2D eigenvalue weighted by atomic mass is 16.3. The Bertz CT molecular complexity index is 170. The Morgan fingerprint density at radius 3 is 2.83 bits per heavy atom. The van der Waals surface area contributed by atoms with Gasteiger partial charge in [-0.2, -0.15) is 0 Å². The van der Waals surface area contributed by atoms with Gasteiger partial charge in [-0.1, -0.05) is 0 Å². The van der Waals surface area contributed by atoms with E-state index in [1.807, 2.05) is 6.42 Å². The molecule has 0 aromatic rings. The van der Waals surface area contributed by atoms with E-state index in [1.54, 1.807) is 19.0 Å². The number of amides is 2. The van der Waals surface area contributed by atoms with Crippen molar-refractivity contribution < 1.29 is 9.90 Å². The lowest BCUT2D eigenvalue weighted by Crippen LogP contribution is -2.46. The Kier molecular flexibility index (Phi) is 2.92. The molecule has 69 valence electrons. The quantitative estimate of drug-likeness (QED) is 0.555. The average molecular weight is 171 g/mol. The van der Waals surface area contributed by atoms with Crippen LogP contribution in [-0.2, 0) is 0 Å². The predicted octanol–water partition coefficient (Wildman–Crippen LogP) is -0.0611. The lowest BCUT2D eigenvalue weighted by molar-refractivity contribution is 0.0939. The van der Waals surface area contributed by atoms with E-state index in [0.717, 1.165) is 0 Å². The first-order chi connectivity index (χ1) is 5.61. The molecule has 0 bridgehead atoms. The number of aliphatic hydroxyl groups excluding tert-OH is 1. The Labute approximate surface area is 72.8 Å². The summed E-state index contributed by atoms with van der Waals surface area (Å²) in [5, 5.41) is 9.27. The number of carbonyl (C=O) groups excluding carboxylic acids is 1. The second kappa shape index (κ2) is 3.76. The van der Waals surface area contributed by atoms with Crippen LogP contribution >= 0.6 is 0 Å². The van der Waals surface area contributed by atoms with Crippen molar-refractivity contribution in [1.82, 2.24) is 9.80 Å². The number of hydrogen-bond acceptors (Lipinski definition) is 2. The van der Waals surface area contributed by atoms with Crippen LogP contribution in [0.25, 0.3) is 0 Å². The zero-order chi connectivity index (χ0) is 9.14. The van der Waals surface area contributed by atoms with Gasteiger partial charge in [0.1, 0.15) is 0 Å². The molecular weight excluding hydrogens is 156 g/mol. The molecule has 1 N–H and O–H groups in total. The molecule has 2 amide bonds. The van der Waals surface area contributed by atoms with Gasteiger partial charge in [-0.25, -0.2) is 4.79 Å². The van der Waals surface area contributed by atoms with Crippen molar-refractivity contribution in [3.05, 3.63) is 6.42 Å². The molecule has 0 aromatic carbocycles. The molecular formula is C8H15N2O2. The number of aliphatic hydroxyl groups is 1. The first kappa shape index (κ1) is 9.32. The number of β-amino-alcohol motifs (C(OH)–C–C–N with tert-alkyl or cyclic N) is 1. The normalized spacial score (nSPS) is 23.9. The highest BCUT2D eigenvalue weighted by Gasteiger charge is 2.22. The fraction of sp³-hybridized carbons (Fsp3) is 0.750. The van der Waals surface area contributed by atoms with Crippen LogP contribution in [0.15, 0.2) is 0 Å². The maximum atomic E-state index is 11.4. The van der Waals surface area contributed by atoms with E-state index < -0.39 is 0 Å². The summed E-state index contributed by atoms with van der Waals surface area (Å²) in [6.45, 7) is 1.10. The molecule has 1 rings (SSSR count). The summed E-state index contributed by atoms with van der Waals surface area (Å²) in [5.41, 5.74) is 0. The zero-order valence-corrected chi connectivity index (χ0v) is 7.53. The SMILES string of the molecule is CN(C)C(=O)N1C[CH]C[C@@H](O)C1. The van der Waals surface area contributed by atoms with Gasteiger partial charge in [0.15, 0.2) is 0 Å². The lowest BCUT2D eigenvalue weighted by atomic mass is 10.1. The van der Waals surface area contributed by atoms with Crippen LogP contribution in [0.1, 0.15) is 6.42 Å². The van der Waals surface area contributed by atoms with Crippen LogP contribution in [0, 0.1) is 6.42 Å². The summed E-state index contributed by atoms with van der Waals surface area (Å²) in [5.74, 6) is 0. The maximum absolute atomic E-state index is 11.4. The molecule has 1 radical (unpaired) electrons. The minimum absolute atomic E-state index is 0.0370. The Hall–Kier alpha value is -0.770. The molecule has 0 unspecified atom stereocenters. The van der Waals surface area contributed by atoms with Gasteiger partial charge in [-0.3, -0.25) is 0 Å². The highest BCUT2D eigenvalue weighted by molar-refractivity contribution is 5.74. The highest BCUT2D eigenvalue weighted by Crippen LogP contribution is 2.09. The fourth-order valence-corrected chi connectivity index (χ4v) is 1.27. The number of carbonyl (C=O) groups is 1. The van der Waals surface area contributed by atoms with E-state index in [1.165, 1.54) is 4.90 Å². The van der Waals surface area contributed by atoms with Gasteiger partial charge in [0.25, 0.3) is 0 Å². The van der Waals surface area contributed by atoms with Gasteiger partial charge in [0.2, 0.25) is 0 Å². The van der Waals surface area contributed by atoms with Crippen molar-refractivity contribution in [3.63, 3.8) is 0 Å². The first-order valence-corrected chi connectivity index (χ1v) is 4.07. The molecule has 4 heteroatoms. The van der Waals surface area contributed by atoms with E-state index in [-0.39, 0.29) is 12.1 Å². The molecule has 1 aliphatic rings. The molecule has 1 aliphatic heterocycles. The van der Waals surface area contributed by atoms with Gasteiger partial charge < -0.3 is 14.9 Å². The lowest BCUT2D eigenvalue weighted by Gasteiger charge is -2.31. The minimum Gasteiger partial charge on any atom is -0.391 e. The van der Waals surface area contributed by atoms with Crippen LogP contribution in [0.2, 0.25) is 0 Å². The zero-order valence-electron chi connectivity index (χ0n) is 7.53. The van der Waals surface area contributed by atoms with Gasteiger partial charge >= 0.3 is 6.03 Å². The summed E-state index contributed by atoms with van der Waals surface area (Å²) in [7, 11) is 3.42. The fourth-order valence-electron chi connectivity index (χ4n) is 1.27. The minimum atomic E-state index is -0.386. The van der Waals surface area contributed by atoms with Crippen molar-refractivity contribution in [2.45, 2.75) is 12.5 Å². The largest absolute Gasteiger partial charge is 0.391 e. The monoisotopic (exact) mass is 171 g/mol. The van der Waals surface area contributed by atoms with Crippen LogP contribution < -0.4 is 0 Å². The van der Waals surface area contributed by atoms with E-state index in [2.05, 4.69) is 0 Å². The third-order valence-corrected chi connectivity index (χ3v) is 1.87. The van der Waals surface area contributed by atoms with Crippen molar-refractivity contribution in [3.8, 4) is 0 Å². The molecule has 1 fully saturated rings. The maximum Gasteiger partial charge on any atom is 0.319 e. The number of likely N-dealkylation sites (tertiary alicyclic amines) is 1. The molecule has 0 saturated carbocycles. The van der Waals surface area contributed by atoms with Gasteiger partial charge in [0.05, 0.1) is 6.10 Å². The number of urea groups is 1. The van der Waals surface area contributed by atoms with E-state index >= 15 is 0 Å². The van der Waals surface area contributed by atoms with Crippen LogP contribution in [0.4, 0.5) is 4.79 Å². The summed E-state index contributed by atoms with van der Waals surface area (Å²) in [6.07, 6.45) is 2.23. The smallest absolute Gasteiger partial charge is 0.319 e. The molecule has 12 heavy (non-hydrogen) atoms. The summed E-state index contributed by atoms with van der Waals surface area (Å²) in [6, 6.07) is -0.0370. The van der Waals surface area contributed by atoms with E-state index in [0.29, 0.717) is 19.5 Å². The van der Waals surface area contributed by atoms with E-state index in [9.17, 15) is 9.90 Å². The van der Waals surface area contributed by atoms with Crippen LogP contribution in [0.3, 0.4) is 0 Å². The summed E-state index contributed by atoms with van der Waals surface area (Å²) >= 11 is 0. The second-order valence-corrected chi connectivity index (χ2v) is 3.26. The molecule has 0 aliphatic carbocycles. The van der Waals surface area contributed by atoms with Crippen LogP contribution in [-0.4, -0.2) is 54.2 Å². The average Bonchev–Trinajstić information content (AvgIpc) is 2.03. The topological polar surface area (TPSA) is 43.8 Å². The van der Waals surface area contributed by atoms with Crippen LogP contribution in [0.5, 0.6) is 0 Å². The first-order valence-electron chi connectivity index (χ1n) is 4.07. The van der Waals surface area contributed by atoms with Crippen molar-refractivity contribution in [2.75, 3.05) is 27.2 Å². The predicted molar refractivity (Wildman–Crippen MR) is 45.6 cm³/mol. The molecule has 0 aromatic heterocycles. The summed E-state index contributed by atoms with van der Waals surface area (Å²) in [4.78, 5) is 14.5. The summed E-state index contributed by atoms with van der Waals surface area (Å²) < 4.78 is 0. The van der Waals surface area contributed by atoms with Crippen molar-refractivity contribution in [1.29, 1.82) is 0 Å². The molecule has 4 nitrogen and oxygen atoms in total. The standard InChI is InChI=1S/C8H15N2O2/c1-9(2)8(12)10-5-3-4-7(11)6-10/h3,7,11H,4-6H2,1-2H3/t7-/m1/s1. The van der Waals surface area contributed by atoms with Gasteiger partial charge in [0, 0.05) is 27.2 Å². The van der Waals surface area contributed by atoms with Crippen molar-refractivity contribution in [2.24, 2.45) is 0 Å². The Balaban J connectivity index is 2.46. The number of nitrogens with zero attached hydrogens (tertiary/aromatic N) is 2. The van der Waals surface area contributed by atoms with Gasteiger partial charge in [-0.15, -0.1) is 0 Å². The number of rotatable bonds is 0. The second-order valence-electron chi connectivity index (χ2n) is 3.26.